The van der Waals surface area contributed by atoms with Gasteiger partial charge in [0.25, 0.3) is 5.91 Å². The summed E-state index contributed by atoms with van der Waals surface area (Å²) in [6.45, 7) is 3.74. The molecule has 0 aliphatic heterocycles. The molecule has 3 rings (SSSR count). The number of anilines is 1. The topological polar surface area (TPSA) is 76.5 Å². The van der Waals surface area contributed by atoms with Crippen LogP contribution in [0.4, 0.5) is 5.69 Å². The maximum absolute atomic E-state index is 12.9. The zero-order chi connectivity index (χ0) is 23.6. The van der Waals surface area contributed by atoms with Gasteiger partial charge in [0.05, 0.1) is 40.6 Å². The Morgan fingerprint density at radius 3 is 2.44 bits per heavy atom. The number of hydrogen-bond donors (Lipinski definition) is 1. The Balaban J connectivity index is 1.85. The van der Waals surface area contributed by atoms with E-state index in [1.54, 1.807) is 49.1 Å². The van der Waals surface area contributed by atoms with E-state index < -0.39 is 0 Å². The van der Waals surface area contributed by atoms with Crippen LogP contribution in [0.2, 0.25) is 10.0 Å². The Morgan fingerprint density at radius 2 is 1.81 bits per heavy atom. The Labute approximate surface area is 196 Å². The number of nitrogens with one attached hydrogen (secondary N) is 1. The first kappa shape index (κ1) is 23.6. The van der Waals surface area contributed by atoms with Gasteiger partial charge in [-0.2, -0.15) is 5.10 Å². The van der Waals surface area contributed by atoms with E-state index in [-0.39, 0.29) is 18.2 Å². The highest BCUT2D eigenvalue weighted by atomic mass is 35.5. The lowest BCUT2D eigenvalue weighted by Crippen LogP contribution is -2.22. The van der Waals surface area contributed by atoms with Crippen molar-refractivity contribution in [3.8, 4) is 11.4 Å². The van der Waals surface area contributed by atoms with Crippen molar-refractivity contribution < 1.29 is 14.3 Å². The summed E-state index contributed by atoms with van der Waals surface area (Å²) in [5, 5.41) is 8.30. The van der Waals surface area contributed by atoms with Crippen molar-refractivity contribution >= 4 is 40.7 Å². The molecule has 0 unspecified atom stereocenters. The quantitative estimate of drug-likeness (QED) is 0.562. The van der Waals surface area contributed by atoms with Gasteiger partial charge in [-0.25, -0.2) is 4.68 Å². The number of aryl methyl sites for hydroxylation is 1. The first-order chi connectivity index (χ1) is 15.1. The van der Waals surface area contributed by atoms with Crippen LogP contribution in [-0.4, -0.2) is 47.7 Å². The predicted molar refractivity (Wildman–Crippen MR) is 126 cm³/mol. The molecule has 0 aliphatic rings. The Morgan fingerprint density at radius 1 is 1.09 bits per heavy atom. The number of hydrogen-bond acceptors (Lipinski definition) is 4. The fraction of sp³-hybridized carbons (Fsp3) is 0.261. The number of aromatic nitrogens is 2. The number of carbonyl (C=O) groups is 2. The minimum Gasteiger partial charge on any atom is -0.495 e. The molecular weight excluding hydrogens is 451 g/mol. The van der Waals surface area contributed by atoms with Crippen LogP contribution >= 0.6 is 23.2 Å². The van der Waals surface area contributed by atoms with E-state index in [0.29, 0.717) is 27.0 Å². The van der Waals surface area contributed by atoms with Crippen LogP contribution in [0.25, 0.3) is 5.69 Å². The molecule has 1 aromatic heterocycles. The van der Waals surface area contributed by atoms with Gasteiger partial charge in [0.1, 0.15) is 5.75 Å². The molecule has 0 spiro atoms. The van der Waals surface area contributed by atoms with Crippen molar-refractivity contribution in [2.75, 3.05) is 26.5 Å². The lowest BCUT2D eigenvalue weighted by molar-refractivity contribution is -0.115. The zero-order valence-corrected chi connectivity index (χ0v) is 20.0. The molecule has 1 heterocycles. The van der Waals surface area contributed by atoms with E-state index >= 15 is 0 Å². The SMILES string of the molecule is COc1ccc(C(=O)N(C)C)cc1NC(=O)Cc1c(C)nn(-c2ccc(Cl)c(Cl)c2)c1C. The van der Waals surface area contributed by atoms with Crippen molar-refractivity contribution in [1.82, 2.24) is 14.7 Å². The molecule has 0 aliphatic carbocycles. The molecule has 3 aromatic rings. The number of ether oxygens (including phenoxy) is 1. The number of nitrogens with zero attached hydrogens (tertiary/aromatic N) is 3. The largest absolute Gasteiger partial charge is 0.495 e. The number of benzene rings is 2. The van der Waals surface area contributed by atoms with E-state index in [1.807, 2.05) is 19.9 Å². The second kappa shape index (κ2) is 9.63. The standard InChI is InChI=1S/C23H24Cl2N4O3/c1-13-17(14(2)29(27-13)16-7-8-18(24)19(25)11-16)12-22(30)26-20-10-15(23(31)28(3)4)6-9-21(20)32-5/h6-11H,12H2,1-5H3,(H,26,30). The molecule has 1 N–H and O–H groups in total. The lowest BCUT2D eigenvalue weighted by Gasteiger charge is -2.14. The van der Waals surface area contributed by atoms with E-state index in [1.165, 1.54) is 12.0 Å². The minimum absolute atomic E-state index is 0.105. The van der Waals surface area contributed by atoms with Gasteiger partial charge in [0.2, 0.25) is 5.91 Å². The first-order valence-corrected chi connectivity index (χ1v) is 10.6. The van der Waals surface area contributed by atoms with Gasteiger partial charge in [0.15, 0.2) is 0 Å². The average Bonchev–Trinajstić information content (AvgIpc) is 3.03. The monoisotopic (exact) mass is 474 g/mol. The van der Waals surface area contributed by atoms with E-state index in [0.717, 1.165) is 22.6 Å². The third kappa shape index (κ3) is 4.89. The highest BCUT2D eigenvalue weighted by molar-refractivity contribution is 6.42. The summed E-state index contributed by atoms with van der Waals surface area (Å²) in [5.74, 6) is 0.0454. The van der Waals surface area contributed by atoms with Crippen LogP contribution in [0.15, 0.2) is 36.4 Å². The second-order valence-corrected chi connectivity index (χ2v) is 8.31. The highest BCUT2D eigenvalue weighted by Gasteiger charge is 2.19. The molecule has 2 amide bonds. The summed E-state index contributed by atoms with van der Waals surface area (Å²) in [4.78, 5) is 26.6. The predicted octanol–water partition coefficient (Wildman–Crippen LogP) is 4.69. The Kier molecular flexibility index (Phi) is 7.11. The maximum atomic E-state index is 12.9. The third-order valence-electron chi connectivity index (χ3n) is 5.05. The van der Waals surface area contributed by atoms with Crippen molar-refractivity contribution in [3.63, 3.8) is 0 Å². The first-order valence-electron chi connectivity index (χ1n) is 9.82. The van der Waals surface area contributed by atoms with Crippen LogP contribution < -0.4 is 10.1 Å². The zero-order valence-electron chi connectivity index (χ0n) is 18.5. The number of methoxy groups -OCH3 is 1. The molecule has 0 atom stereocenters. The van der Waals surface area contributed by atoms with Gasteiger partial charge in [0, 0.05) is 30.9 Å². The van der Waals surface area contributed by atoms with Crippen molar-refractivity contribution in [1.29, 1.82) is 0 Å². The number of halogens is 2. The normalized spacial score (nSPS) is 10.7. The van der Waals surface area contributed by atoms with Crippen LogP contribution in [0.5, 0.6) is 5.75 Å². The van der Waals surface area contributed by atoms with Crippen molar-refractivity contribution in [2.24, 2.45) is 0 Å². The van der Waals surface area contributed by atoms with Gasteiger partial charge in [-0.3, -0.25) is 9.59 Å². The summed E-state index contributed by atoms with van der Waals surface area (Å²) >= 11 is 12.2. The van der Waals surface area contributed by atoms with Crippen molar-refractivity contribution in [3.05, 3.63) is 69.0 Å². The second-order valence-electron chi connectivity index (χ2n) is 7.50. The van der Waals surface area contributed by atoms with E-state index in [9.17, 15) is 9.59 Å². The molecule has 0 bridgehead atoms. The molecular formula is C23H24Cl2N4O3. The Bertz CT molecular complexity index is 1190. The molecule has 7 nitrogen and oxygen atoms in total. The summed E-state index contributed by atoms with van der Waals surface area (Å²) in [5.41, 5.74) is 3.98. The smallest absolute Gasteiger partial charge is 0.253 e. The number of amides is 2. The van der Waals surface area contributed by atoms with Crippen LogP contribution in [0.1, 0.15) is 27.3 Å². The number of carbonyl (C=O) groups excluding carboxylic acids is 2. The van der Waals surface area contributed by atoms with E-state index in [4.69, 9.17) is 27.9 Å². The van der Waals surface area contributed by atoms with Crippen LogP contribution in [0, 0.1) is 13.8 Å². The van der Waals surface area contributed by atoms with E-state index in [2.05, 4.69) is 10.4 Å². The number of rotatable bonds is 6. The molecule has 2 aromatic carbocycles. The summed E-state index contributed by atoms with van der Waals surface area (Å²) in [6, 6.07) is 10.2. The fourth-order valence-corrected chi connectivity index (χ4v) is 3.64. The average molecular weight is 475 g/mol. The fourth-order valence-electron chi connectivity index (χ4n) is 3.35. The van der Waals surface area contributed by atoms with Crippen LogP contribution in [-0.2, 0) is 11.2 Å². The maximum Gasteiger partial charge on any atom is 0.253 e. The summed E-state index contributed by atoms with van der Waals surface area (Å²) in [6.07, 6.45) is 0.105. The molecule has 9 heteroatoms. The summed E-state index contributed by atoms with van der Waals surface area (Å²) in [7, 11) is 4.85. The highest BCUT2D eigenvalue weighted by Crippen LogP contribution is 2.28. The van der Waals surface area contributed by atoms with Crippen molar-refractivity contribution in [2.45, 2.75) is 20.3 Å². The molecule has 0 saturated carbocycles. The van der Waals surface area contributed by atoms with Gasteiger partial charge in [-0.15, -0.1) is 0 Å². The van der Waals surface area contributed by atoms with Gasteiger partial charge in [-0.1, -0.05) is 23.2 Å². The molecule has 32 heavy (non-hydrogen) atoms. The molecule has 0 saturated heterocycles. The molecule has 168 valence electrons. The van der Waals surface area contributed by atoms with Gasteiger partial charge in [-0.05, 0) is 50.2 Å². The molecule has 0 radical (unpaired) electrons. The van der Waals surface area contributed by atoms with Gasteiger partial charge >= 0.3 is 0 Å². The Hall–Kier alpha value is -3.03. The molecule has 0 fully saturated rings. The minimum atomic E-state index is -0.252. The van der Waals surface area contributed by atoms with Gasteiger partial charge < -0.3 is 15.0 Å². The third-order valence-corrected chi connectivity index (χ3v) is 5.79. The lowest BCUT2D eigenvalue weighted by atomic mass is 10.1. The van der Waals surface area contributed by atoms with Crippen LogP contribution in [0.3, 0.4) is 0 Å². The summed E-state index contributed by atoms with van der Waals surface area (Å²) < 4.78 is 7.08.